The lowest BCUT2D eigenvalue weighted by Gasteiger charge is -2.23. The minimum absolute atomic E-state index is 0.158. The molecule has 2 fully saturated rings. The fraction of sp³-hybridized carbons (Fsp3) is 0.619. The van der Waals surface area contributed by atoms with Crippen molar-refractivity contribution in [1.82, 2.24) is 15.2 Å². The number of nitrogens with one attached hydrogen (secondary N) is 3. The van der Waals surface area contributed by atoms with Crippen molar-refractivity contribution in [3.05, 3.63) is 28.2 Å². The third-order valence-corrected chi connectivity index (χ3v) is 5.84. The van der Waals surface area contributed by atoms with Gasteiger partial charge in [0.15, 0.2) is 0 Å². The maximum Gasteiger partial charge on any atom is 0.405 e. The van der Waals surface area contributed by atoms with Crippen molar-refractivity contribution in [3.8, 4) is 6.07 Å². The van der Waals surface area contributed by atoms with Crippen LogP contribution in [0, 0.1) is 30.1 Å². The van der Waals surface area contributed by atoms with Crippen LogP contribution in [0.5, 0.6) is 0 Å². The highest BCUT2D eigenvalue weighted by atomic mass is 19.4. The van der Waals surface area contributed by atoms with Gasteiger partial charge in [-0.05, 0) is 43.7 Å². The molecule has 2 amide bonds. The maximum absolute atomic E-state index is 13.1. The van der Waals surface area contributed by atoms with Gasteiger partial charge in [-0.25, -0.2) is 0 Å². The molecule has 3 N–H and O–H groups in total. The molecule has 11 heteroatoms. The Labute approximate surface area is 183 Å². The minimum atomic E-state index is -4.50. The standard InChI is InChI=1S/C21H26F3N5O3/c1-12-5-7-29(20(32)17(12)27-11-21(22,23)24)16(8-13-2-3-13)19(31)28-15(10-25)9-14-4-6-26-18(14)30/h5,7,13-16,27H,2-4,6,8-9,11H2,1H3,(H,26,30)(H,28,31). The molecule has 3 unspecified atom stereocenters. The monoisotopic (exact) mass is 453 g/mol. The van der Waals surface area contributed by atoms with Crippen molar-refractivity contribution in [1.29, 1.82) is 5.26 Å². The molecule has 1 aliphatic carbocycles. The molecule has 3 rings (SSSR count). The van der Waals surface area contributed by atoms with E-state index in [1.807, 2.05) is 6.07 Å². The summed E-state index contributed by atoms with van der Waals surface area (Å²) in [5.41, 5.74) is -0.597. The van der Waals surface area contributed by atoms with Crippen molar-refractivity contribution >= 4 is 17.5 Å². The van der Waals surface area contributed by atoms with E-state index < -0.39 is 36.3 Å². The number of halogens is 3. The van der Waals surface area contributed by atoms with E-state index >= 15 is 0 Å². The zero-order valence-corrected chi connectivity index (χ0v) is 17.7. The Hall–Kier alpha value is -3.03. The zero-order valence-electron chi connectivity index (χ0n) is 17.7. The lowest BCUT2D eigenvalue weighted by atomic mass is 9.98. The highest BCUT2D eigenvalue weighted by Crippen LogP contribution is 2.37. The number of nitrogens with zero attached hydrogens (tertiary/aromatic N) is 2. The number of anilines is 1. The Balaban J connectivity index is 1.81. The fourth-order valence-electron chi connectivity index (χ4n) is 3.87. The van der Waals surface area contributed by atoms with Gasteiger partial charge in [-0.1, -0.05) is 12.8 Å². The van der Waals surface area contributed by atoms with Gasteiger partial charge in [-0.2, -0.15) is 18.4 Å². The molecule has 0 radical (unpaired) electrons. The molecule has 1 aliphatic heterocycles. The molecular formula is C21H26F3N5O3. The van der Waals surface area contributed by atoms with Crippen LogP contribution in [0.3, 0.4) is 0 Å². The summed E-state index contributed by atoms with van der Waals surface area (Å²) in [6.07, 6.45) is -0.238. The van der Waals surface area contributed by atoms with Crippen LogP contribution in [0.2, 0.25) is 0 Å². The van der Waals surface area contributed by atoms with Crippen molar-refractivity contribution in [2.75, 3.05) is 18.4 Å². The van der Waals surface area contributed by atoms with Gasteiger partial charge in [0.2, 0.25) is 11.8 Å². The molecule has 1 saturated heterocycles. The third kappa shape index (κ3) is 6.02. The summed E-state index contributed by atoms with van der Waals surface area (Å²) in [4.78, 5) is 37.8. The lowest BCUT2D eigenvalue weighted by molar-refractivity contribution is -0.126. The summed E-state index contributed by atoms with van der Waals surface area (Å²) in [7, 11) is 0. The Kier molecular flexibility index (Phi) is 7.11. The van der Waals surface area contributed by atoms with E-state index in [1.54, 1.807) is 0 Å². The molecule has 1 aromatic rings. The second-order valence-electron chi connectivity index (χ2n) is 8.45. The zero-order chi connectivity index (χ0) is 23.5. The van der Waals surface area contributed by atoms with Gasteiger partial charge >= 0.3 is 6.18 Å². The molecule has 3 atom stereocenters. The average molecular weight is 453 g/mol. The normalized spacial score (nSPS) is 20.2. The number of aryl methyl sites for hydroxylation is 1. The minimum Gasteiger partial charge on any atom is -0.372 e. The SMILES string of the molecule is Cc1ccn(C(CC2CC2)C(=O)NC(C#N)CC2CCNC2=O)c(=O)c1NCC(F)(F)F. The average Bonchev–Trinajstić information content (AvgIpc) is 3.45. The topological polar surface area (TPSA) is 116 Å². The van der Waals surface area contributed by atoms with Crippen molar-refractivity contribution in [2.45, 2.75) is 57.3 Å². The second-order valence-corrected chi connectivity index (χ2v) is 8.45. The number of alkyl halides is 3. The van der Waals surface area contributed by atoms with Crippen molar-refractivity contribution < 1.29 is 22.8 Å². The van der Waals surface area contributed by atoms with Gasteiger partial charge in [-0.3, -0.25) is 14.4 Å². The number of hydrogen-bond donors (Lipinski definition) is 3. The largest absolute Gasteiger partial charge is 0.405 e. The van der Waals surface area contributed by atoms with Crippen LogP contribution in [0.25, 0.3) is 0 Å². The number of aromatic nitrogens is 1. The van der Waals surface area contributed by atoms with E-state index in [1.165, 1.54) is 19.2 Å². The number of carbonyl (C=O) groups excluding carboxylic acids is 2. The molecule has 1 saturated carbocycles. The highest BCUT2D eigenvalue weighted by Gasteiger charge is 2.34. The van der Waals surface area contributed by atoms with Crippen LogP contribution in [0.4, 0.5) is 18.9 Å². The van der Waals surface area contributed by atoms with Crippen LogP contribution >= 0.6 is 0 Å². The van der Waals surface area contributed by atoms with E-state index in [2.05, 4.69) is 16.0 Å². The third-order valence-electron chi connectivity index (χ3n) is 5.84. The van der Waals surface area contributed by atoms with Crippen LogP contribution in [0.1, 0.15) is 43.7 Å². The van der Waals surface area contributed by atoms with E-state index in [4.69, 9.17) is 0 Å². The molecule has 1 aromatic heterocycles. The molecular weight excluding hydrogens is 427 g/mol. The van der Waals surface area contributed by atoms with Crippen LogP contribution < -0.4 is 21.5 Å². The predicted molar refractivity (Wildman–Crippen MR) is 110 cm³/mol. The van der Waals surface area contributed by atoms with Crippen LogP contribution in [-0.4, -0.2) is 41.7 Å². The summed E-state index contributed by atoms with van der Waals surface area (Å²) in [6, 6.07) is 1.60. The first-order valence-electron chi connectivity index (χ1n) is 10.6. The maximum atomic E-state index is 13.1. The molecule has 0 spiro atoms. The van der Waals surface area contributed by atoms with Gasteiger partial charge in [0.25, 0.3) is 5.56 Å². The second kappa shape index (κ2) is 9.63. The first-order valence-corrected chi connectivity index (χ1v) is 10.6. The number of rotatable bonds is 9. The van der Waals surface area contributed by atoms with E-state index in [9.17, 15) is 32.8 Å². The quantitative estimate of drug-likeness (QED) is 0.529. The Bertz CT molecular complexity index is 965. The van der Waals surface area contributed by atoms with Gasteiger partial charge < -0.3 is 20.5 Å². The summed E-state index contributed by atoms with van der Waals surface area (Å²) < 4.78 is 39.1. The van der Waals surface area contributed by atoms with Crippen LogP contribution in [-0.2, 0) is 9.59 Å². The van der Waals surface area contributed by atoms with E-state index in [-0.39, 0.29) is 29.9 Å². The van der Waals surface area contributed by atoms with Gasteiger partial charge in [-0.15, -0.1) is 0 Å². The lowest BCUT2D eigenvalue weighted by Crippen LogP contribution is -2.43. The highest BCUT2D eigenvalue weighted by molar-refractivity contribution is 5.82. The van der Waals surface area contributed by atoms with Crippen LogP contribution in [0.15, 0.2) is 17.1 Å². The predicted octanol–water partition coefficient (Wildman–Crippen LogP) is 2.01. The number of nitriles is 1. The number of hydrogen-bond acceptors (Lipinski definition) is 5. The molecule has 0 bridgehead atoms. The van der Waals surface area contributed by atoms with E-state index in [0.717, 1.165) is 17.4 Å². The van der Waals surface area contributed by atoms with Gasteiger partial charge in [0, 0.05) is 18.7 Å². The molecule has 174 valence electrons. The molecule has 2 aliphatic rings. The number of pyridine rings is 1. The Morgan fingerprint density at radius 2 is 2.03 bits per heavy atom. The molecule has 32 heavy (non-hydrogen) atoms. The van der Waals surface area contributed by atoms with Gasteiger partial charge in [0.05, 0.1) is 6.07 Å². The first-order chi connectivity index (χ1) is 15.1. The fourth-order valence-corrected chi connectivity index (χ4v) is 3.87. The van der Waals surface area contributed by atoms with Crippen molar-refractivity contribution in [3.63, 3.8) is 0 Å². The number of amides is 2. The Morgan fingerprint density at radius 1 is 1.31 bits per heavy atom. The summed E-state index contributed by atoms with van der Waals surface area (Å²) in [6.45, 7) is 0.664. The molecule has 2 heterocycles. The summed E-state index contributed by atoms with van der Waals surface area (Å²) in [5, 5.41) is 16.9. The summed E-state index contributed by atoms with van der Waals surface area (Å²) in [5.74, 6) is -0.868. The smallest absolute Gasteiger partial charge is 0.372 e. The number of carbonyl (C=O) groups is 2. The van der Waals surface area contributed by atoms with Crippen molar-refractivity contribution in [2.24, 2.45) is 11.8 Å². The summed E-state index contributed by atoms with van der Waals surface area (Å²) >= 11 is 0. The first kappa shape index (κ1) is 23.6. The molecule has 0 aromatic carbocycles. The Morgan fingerprint density at radius 3 is 2.59 bits per heavy atom. The molecule has 8 nitrogen and oxygen atoms in total. The van der Waals surface area contributed by atoms with Gasteiger partial charge in [0.1, 0.15) is 24.3 Å². The van der Waals surface area contributed by atoms with E-state index in [0.29, 0.717) is 24.9 Å².